The molecule has 2 nitrogen and oxygen atoms in total. The van der Waals surface area contributed by atoms with Gasteiger partial charge < -0.3 is 10.4 Å². The van der Waals surface area contributed by atoms with Crippen LogP contribution in [0.5, 0.6) is 0 Å². The van der Waals surface area contributed by atoms with Gasteiger partial charge in [-0.1, -0.05) is 0 Å². The molecule has 0 saturated carbocycles. The smallest absolute Gasteiger partial charge is 0.382 e. The number of aliphatic hydroxyl groups excluding tert-OH is 1. The fraction of sp³-hybridized carbons (Fsp3) is 1.00. The van der Waals surface area contributed by atoms with Crippen LogP contribution in [-0.2, 0) is 0 Å². The minimum absolute atomic E-state index is 0.419. The second kappa shape index (κ2) is 6.50. The summed E-state index contributed by atoms with van der Waals surface area (Å²) in [6.07, 6.45) is -4.01. The van der Waals surface area contributed by atoms with E-state index in [4.69, 9.17) is 5.11 Å². The first kappa shape index (κ1) is 13.1. The van der Waals surface area contributed by atoms with Crippen molar-refractivity contribution in [1.29, 1.82) is 0 Å². The van der Waals surface area contributed by atoms with Crippen LogP contribution >= 0.6 is 11.8 Å². The maximum Gasteiger partial charge on any atom is 0.415 e. The summed E-state index contributed by atoms with van der Waals surface area (Å²) < 4.78 is 35.2. The van der Waals surface area contributed by atoms with Crippen molar-refractivity contribution in [3.8, 4) is 0 Å². The molecule has 0 saturated heterocycles. The first-order valence-corrected chi connectivity index (χ1v) is 5.32. The van der Waals surface area contributed by atoms with E-state index in [1.807, 2.05) is 6.26 Å². The van der Waals surface area contributed by atoms with E-state index in [0.717, 1.165) is 12.2 Å². The van der Waals surface area contributed by atoms with E-state index in [1.165, 1.54) is 0 Å². The molecule has 1 unspecified atom stereocenters. The molecule has 0 aromatic rings. The monoisotopic (exact) mass is 217 g/mol. The third-order valence-corrected chi connectivity index (χ3v) is 2.11. The molecule has 0 aromatic carbocycles. The summed E-state index contributed by atoms with van der Waals surface area (Å²) in [4.78, 5) is 0. The van der Waals surface area contributed by atoms with Gasteiger partial charge in [-0.2, -0.15) is 24.9 Å². The van der Waals surface area contributed by atoms with Crippen molar-refractivity contribution in [1.82, 2.24) is 5.32 Å². The maximum absolute atomic E-state index is 11.7. The Kier molecular flexibility index (Phi) is 6.53. The van der Waals surface area contributed by atoms with E-state index in [0.29, 0.717) is 6.54 Å². The van der Waals surface area contributed by atoms with Crippen LogP contribution in [0, 0.1) is 0 Å². The number of hydrogen-bond acceptors (Lipinski definition) is 3. The summed E-state index contributed by atoms with van der Waals surface area (Å²) in [7, 11) is 0. The van der Waals surface area contributed by atoms with Crippen LogP contribution < -0.4 is 5.32 Å². The van der Waals surface area contributed by atoms with Crippen LogP contribution in [-0.4, -0.2) is 42.5 Å². The minimum atomic E-state index is -4.51. The van der Waals surface area contributed by atoms with Crippen molar-refractivity contribution in [3.63, 3.8) is 0 Å². The highest BCUT2D eigenvalue weighted by Crippen LogP contribution is 2.18. The van der Waals surface area contributed by atoms with Gasteiger partial charge in [0, 0.05) is 6.54 Å². The average molecular weight is 217 g/mol. The molecular weight excluding hydrogens is 203 g/mol. The van der Waals surface area contributed by atoms with E-state index in [9.17, 15) is 13.2 Å². The Labute approximate surface area is 79.9 Å². The molecule has 6 heteroatoms. The number of hydrogen-bond donors (Lipinski definition) is 2. The van der Waals surface area contributed by atoms with Crippen LogP contribution in [0.3, 0.4) is 0 Å². The lowest BCUT2D eigenvalue weighted by Crippen LogP contribution is -2.38. The topological polar surface area (TPSA) is 32.3 Å². The molecule has 80 valence electrons. The summed E-state index contributed by atoms with van der Waals surface area (Å²) in [6.45, 7) is 0.0891. The summed E-state index contributed by atoms with van der Waals surface area (Å²) in [5, 5.41) is 11.1. The Morgan fingerprint density at radius 1 is 1.46 bits per heavy atom. The van der Waals surface area contributed by atoms with Gasteiger partial charge in [0.25, 0.3) is 0 Å². The normalized spacial score (nSPS) is 14.5. The zero-order valence-corrected chi connectivity index (χ0v) is 8.21. The van der Waals surface area contributed by atoms with Gasteiger partial charge in [-0.05, 0) is 25.0 Å². The standard InChI is InChI=1S/C7H14F3NOS/c1-13-4-2-3-11-5-6(12)7(8,9)10/h6,11-12H,2-5H2,1H3. The second-order valence-corrected chi connectivity index (χ2v) is 3.59. The summed E-state index contributed by atoms with van der Waals surface area (Å²) in [5.41, 5.74) is 0. The molecule has 0 heterocycles. The lowest BCUT2D eigenvalue weighted by molar-refractivity contribution is -0.201. The molecule has 0 aliphatic heterocycles. The molecule has 0 aliphatic rings. The lowest BCUT2D eigenvalue weighted by Gasteiger charge is -2.14. The third kappa shape index (κ3) is 7.16. The molecular formula is C7H14F3NOS. The first-order valence-electron chi connectivity index (χ1n) is 3.93. The van der Waals surface area contributed by atoms with Crippen LogP contribution in [0.4, 0.5) is 13.2 Å². The maximum atomic E-state index is 11.7. The Bertz CT molecular complexity index is 131. The molecule has 0 bridgehead atoms. The van der Waals surface area contributed by atoms with Gasteiger partial charge in [0.2, 0.25) is 0 Å². The van der Waals surface area contributed by atoms with Gasteiger partial charge >= 0.3 is 6.18 Å². The highest BCUT2D eigenvalue weighted by atomic mass is 32.2. The molecule has 0 amide bonds. The van der Waals surface area contributed by atoms with Gasteiger partial charge in [-0.15, -0.1) is 0 Å². The number of aliphatic hydroxyl groups is 1. The van der Waals surface area contributed by atoms with Crippen LogP contribution in [0.15, 0.2) is 0 Å². The van der Waals surface area contributed by atoms with Crippen molar-refractivity contribution in [2.24, 2.45) is 0 Å². The van der Waals surface area contributed by atoms with Crippen molar-refractivity contribution >= 4 is 11.8 Å². The lowest BCUT2D eigenvalue weighted by atomic mass is 10.3. The zero-order chi connectivity index (χ0) is 10.3. The Morgan fingerprint density at radius 3 is 2.54 bits per heavy atom. The highest BCUT2D eigenvalue weighted by Gasteiger charge is 2.37. The molecule has 0 rings (SSSR count). The number of rotatable bonds is 6. The first-order chi connectivity index (χ1) is 5.98. The molecule has 2 N–H and O–H groups in total. The van der Waals surface area contributed by atoms with Crippen molar-refractivity contribution in [2.45, 2.75) is 18.7 Å². The van der Waals surface area contributed by atoms with Crippen LogP contribution in [0.2, 0.25) is 0 Å². The van der Waals surface area contributed by atoms with Crippen LogP contribution in [0.1, 0.15) is 6.42 Å². The summed E-state index contributed by atoms with van der Waals surface area (Å²) in [5.74, 6) is 0.912. The number of halogens is 3. The fourth-order valence-electron chi connectivity index (χ4n) is 0.696. The number of nitrogens with one attached hydrogen (secondary N) is 1. The molecule has 0 spiro atoms. The Balaban J connectivity index is 3.32. The van der Waals surface area contributed by atoms with Crippen molar-refractivity contribution in [3.05, 3.63) is 0 Å². The molecule has 13 heavy (non-hydrogen) atoms. The highest BCUT2D eigenvalue weighted by molar-refractivity contribution is 7.98. The predicted octanol–water partition coefficient (Wildman–Crippen LogP) is 1.25. The van der Waals surface area contributed by atoms with Crippen molar-refractivity contribution in [2.75, 3.05) is 25.1 Å². The predicted molar refractivity (Wildman–Crippen MR) is 47.9 cm³/mol. The van der Waals surface area contributed by atoms with Gasteiger partial charge in [0.05, 0.1) is 0 Å². The average Bonchev–Trinajstić information content (AvgIpc) is 2.02. The minimum Gasteiger partial charge on any atom is -0.382 e. The number of thioether (sulfide) groups is 1. The Morgan fingerprint density at radius 2 is 2.08 bits per heavy atom. The van der Waals surface area contributed by atoms with Crippen molar-refractivity contribution < 1.29 is 18.3 Å². The zero-order valence-electron chi connectivity index (χ0n) is 7.40. The second-order valence-electron chi connectivity index (χ2n) is 2.61. The van der Waals surface area contributed by atoms with Crippen LogP contribution in [0.25, 0.3) is 0 Å². The molecule has 0 radical (unpaired) electrons. The SMILES string of the molecule is CSCCCNCC(O)C(F)(F)F. The van der Waals surface area contributed by atoms with E-state index < -0.39 is 18.8 Å². The number of alkyl halides is 3. The van der Waals surface area contributed by atoms with E-state index in [-0.39, 0.29) is 0 Å². The molecule has 0 aromatic heterocycles. The van der Waals surface area contributed by atoms with Gasteiger partial charge in [-0.25, -0.2) is 0 Å². The van der Waals surface area contributed by atoms with E-state index in [2.05, 4.69) is 5.32 Å². The molecule has 1 atom stereocenters. The fourth-order valence-corrected chi connectivity index (χ4v) is 1.13. The van der Waals surface area contributed by atoms with Gasteiger partial charge in [0.15, 0.2) is 6.10 Å². The summed E-state index contributed by atoms with van der Waals surface area (Å²) >= 11 is 1.64. The Hall–Kier alpha value is 0.0600. The quantitative estimate of drug-likeness (QED) is 0.657. The van der Waals surface area contributed by atoms with Gasteiger partial charge in [0.1, 0.15) is 0 Å². The largest absolute Gasteiger partial charge is 0.415 e. The van der Waals surface area contributed by atoms with Gasteiger partial charge in [-0.3, -0.25) is 0 Å². The third-order valence-electron chi connectivity index (χ3n) is 1.42. The summed E-state index contributed by atoms with van der Waals surface area (Å²) in [6, 6.07) is 0. The van der Waals surface area contributed by atoms with E-state index >= 15 is 0 Å². The molecule has 0 fully saturated rings. The van der Waals surface area contributed by atoms with E-state index in [1.54, 1.807) is 11.8 Å². The molecule has 0 aliphatic carbocycles.